The molecule has 11 heteroatoms. The zero-order valence-corrected chi connectivity index (χ0v) is 19.1. The Balaban J connectivity index is 1.71. The second-order valence-corrected chi connectivity index (χ2v) is 10.2. The number of phenols is 1. The number of aromatic hydroxyl groups is 1. The van der Waals surface area contributed by atoms with E-state index in [4.69, 9.17) is 16.6 Å². The Morgan fingerprint density at radius 2 is 2.00 bits per heavy atom. The highest BCUT2D eigenvalue weighted by Gasteiger charge is 2.30. The Hall–Kier alpha value is -2.95. The number of fused-ring (bicyclic) bond motifs is 3. The first kappa shape index (κ1) is 20.6. The largest absolute Gasteiger partial charge is 0.505 e. The van der Waals surface area contributed by atoms with Crippen LogP contribution in [0.3, 0.4) is 0 Å². The molecular weight excluding hydrogens is 490 g/mol. The minimum Gasteiger partial charge on any atom is -0.505 e. The molecule has 0 radical (unpaired) electrons. The van der Waals surface area contributed by atoms with Crippen molar-refractivity contribution in [3.05, 3.63) is 67.4 Å². The molecule has 1 aliphatic carbocycles. The molecule has 2 aromatic carbocycles. The van der Waals surface area contributed by atoms with Crippen LogP contribution in [0.1, 0.15) is 29.3 Å². The molecule has 0 saturated heterocycles. The fraction of sp³-hybridized carbons (Fsp3) is 0.182. The van der Waals surface area contributed by atoms with Crippen LogP contribution in [-0.2, 0) is 6.54 Å². The third kappa shape index (κ3) is 3.32. The van der Waals surface area contributed by atoms with Crippen molar-refractivity contribution in [3.63, 3.8) is 0 Å². The summed E-state index contributed by atoms with van der Waals surface area (Å²) < 4.78 is 30.3. The van der Waals surface area contributed by atoms with Crippen molar-refractivity contribution in [1.29, 1.82) is 0 Å². The van der Waals surface area contributed by atoms with Gasteiger partial charge in [-0.3, -0.25) is 9.36 Å². The number of rotatable bonds is 4. The number of hydrogen-bond acceptors (Lipinski definition) is 7. The van der Waals surface area contributed by atoms with Gasteiger partial charge in [0.15, 0.2) is 17.4 Å². The Kier molecular flexibility index (Phi) is 4.72. The van der Waals surface area contributed by atoms with Gasteiger partial charge in [-0.15, -0.1) is 32.9 Å². The van der Waals surface area contributed by atoms with Gasteiger partial charge in [-0.2, -0.15) is 0 Å². The smallest absolute Gasteiger partial charge is 0.263 e. The standard InChI is InChI=1S/C22H13ClF2N4O2S2/c23-13-4-3-10-17-21(33-19(10)18(13)30)27-20(29(22(17)31)7-16-28-26-8-32-16)12-6-15(25)14(24)5-11(12)9-1-2-9/h3-6,8-9,30H,1-2,7H2. The van der Waals surface area contributed by atoms with E-state index in [1.54, 1.807) is 11.6 Å². The monoisotopic (exact) mass is 502 g/mol. The van der Waals surface area contributed by atoms with E-state index in [9.17, 15) is 18.7 Å². The molecule has 0 amide bonds. The molecule has 0 spiro atoms. The summed E-state index contributed by atoms with van der Waals surface area (Å²) >= 11 is 8.47. The summed E-state index contributed by atoms with van der Waals surface area (Å²) in [6, 6.07) is 5.50. The Morgan fingerprint density at radius 1 is 1.21 bits per heavy atom. The average molecular weight is 503 g/mol. The summed E-state index contributed by atoms with van der Waals surface area (Å²) in [6.45, 7) is 0.0712. The van der Waals surface area contributed by atoms with Crippen molar-refractivity contribution < 1.29 is 13.9 Å². The van der Waals surface area contributed by atoms with E-state index in [1.807, 2.05) is 0 Å². The maximum atomic E-state index is 14.4. The van der Waals surface area contributed by atoms with Gasteiger partial charge < -0.3 is 5.11 Å². The number of benzene rings is 2. The van der Waals surface area contributed by atoms with Crippen LogP contribution in [0.4, 0.5) is 8.78 Å². The third-order valence-electron chi connectivity index (χ3n) is 5.74. The highest BCUT2D eigenvalue weighted by Crippen LogP contribution is 2.46. The molecule has 1 saturated carbocycles. The van der Waals surface area contributed by atoms with Crippen LogP contribution in [0, 0.1) is 11.6 Å². The Morgan fingerprint density at radius 3 is 2.73 bits per heavy atom. The molecule has 1 fully saturated rings. The summed E-state index contributed by atoms with van der Waals surface area (Å²) in [5.74, 6) is -1.75. The van der Waals surface area contributed by atoms with Gasteiger partial charge in [-0.1, -0.05) is 17.7 Å². The minimum atomic E-state index is -1.01. The van der Waals surface area contributed by atoms with E-state index < -0.39 is 11.6 Å². The average Bonchev–Trinajstić information content (AvgIpc) is 3.37. The number of aromatic nitrogens is 4. The summed E-state index contributed by atoms with van der Waals surface area (Å²) in [4.78, 5) is 18.9. The molecule has 6 rings (SSSR count). The van der Waals surface area contributed by atoms with Crippen molar-refractivity contribution in [2.24, 2.45) is 0 Å². The molecule has 1 N–H and O–H groups in total. The Labute approximate surface area is 197 Å². The van der Waals surface area contributed by atoms with Gasteiger partial charge in [0.25, 0.3) is 5.56 Å². The number of halogens is 3. The lowest BCUT2D eigenvalue weighted by Crippen LogP contribution is -2.24. The second-order valence-electron chi connectivity index (χ2n) is 7.84. The van der Waals surface area contributed by atoms with Crippen LogP contribution >= 0.6 is 34.3 Å². The molecule has 0 unspecified atom stereocenters. The first-order valence-corrected chi connectivity index (χ1v) is 12.1. The van der Waals surface area contributed by atoms with Crippen molar-refractivity contribution in [2.45, 2.75) is 25.3 Å². The fourth-order valence-electron chi connectivity index (χ4n) is 4.02. The van der Waals surface area contributed by atoms with Gasteiger partial charge in [0.2, 0.25) is 0 Å². The van der Waals surface area contributed by atoms with E-state index in [0.29, 0.717) is 36.4 Å². The number of thiophene rings is 1. The van der Waals surface area contributed by atoms with Crippen molar-refractivity contribution in [3.8, 4) is 17.1 Å². The van der Waals surface area contributed by atoms with Gasteiger partial charge >= 0.3 is 0 Å². The quantitative estimate of drug-likeness (QED) is 0.341. The van der Waals surface area contributed by atoms with Crippen molar-refractivity contribution in [2.75, 3.05) is 0 Å². The predicted molar refractivity (Wildman–Crippen MR) is 124 cm³/mol. The molecule has 0 aliphatic heterocycles. The van der Waals surface area contributed by atoms with E-state index in [1.165, 1.54) is 28.0 Å². The SMILES string of the molecule is O=c1c2c(nc(-c3cc(F)c(F)cc3C3CC3)n1Cc1nncs1)sc1c(O)c(Cl)ccc12. The lowest BCUT2D eigenvalue weighted by atomic mass is 10.0. The van der Waals surface area contributed by atoms with Gasteiger partial charge in [0, 0.05) is 10.9 Å². The van der Waals surface area contributed by atoms with E-state index >= 15 is 0 Å². The van der Waals surface area contributed by atoms with E-state index in [2.05, 4.69) is 10.2 Å². The molecule has 33 heavy (non-hydrogen) atoms. The van der Waals surface area contributed by atoms with Crippen LogP contribution in [-0.4, -0.2) is 24.9 Å². The number of phenolic OH excluding ortho intramolecular Hbond substituents is 1. The fourth-order valence-corrected chi connectivity index (χ4v) is 5.86. The molecule has 166 valence electrons. The first-order valence-electron chi connectivity index (χ1n) is 10.0. The molecule has 3 aromatic heterocycles. The number of hydrogen-bond donors (Lipinski definition) is 1. The molecule has 1 aliphatic rings. The zero-order valence-electron chi connectivity index (χ0n) is 16.7. The highest BCUT2D eigenvalue weighted by atomic mass is 35.5. The lowest BCUT2D eigenvalue weighted by Gasteiger charge is -2.15. The predicted octanol–water partition coefficient (Wildman–Crippen LogP) is 5.69. The topological polar surface area (TPSA) is 80.9 Å². The summed E-state index contributed by atoms with van der Waals surface area (Å²) in [7, 11) is 0. The molecule has 0 atom stereocenters. The first-order chi connectivity index (χ1) is 15.9. The summed E-state index contributed by atoms with van der Waals surface area (Å²) in [5, 5.41) is 19.9. The zero-order chi connectivity index (χ0) is 22.9. The van der Waals surface area contributed by atoms with E-state index in [0.717, 1.165) is 30.2 Å². The maximum absolute atomic E-state index is 14.4. The molecule has 0 bridgehead atoms. The van der Waals surface area contributed by atoms with Crippen LogP contribution in [0.15, 0.2) is 34.6 Å². The highest BCUT2D eigenvalue weighted by molar-refractivity contribution is 7.25. The minimum absolute atomic E-state index is 0.0712. The Bertz CT molecular complexity index is 1630. The molecule has 6 nitrogen and oxygen atoms in total. The third-order valence-corrected chi connectivity index (χ3v) is 7.83. The maximum Gasteiger partial charge on any atom is 0.263 e. The van der Waals surface area contributed by atoms with Gasteiger partial charge in [-0.25, -0.2) is 13.8 Å². The number of nitrogens with zero attached hydrogens (tertiary/aromatic N) is 4. The molecular formula is C22H13ClF2N4O2S2. The molecule has 5 aromatic rings. The van der Waals surface area contributed by atoms with Crippen LogP contribution in [0.25, 0.3) is 31.7 Å². The molecule has 3 heterocycles. The van der Waals surface area contributed by atoms with Gasteiger partial charge in [0.05, 0.1) is 21.7 Å². The summed E-state index contributed by atoms with van der Waals surface area (Å²) in [5.41, 5.74) is 2.18. The normalized spacial score (nSPS) is 13.9. The second kappa shape index (κ2) is 7.54. The van der Waals surface area contributed by atoms with Gasteiger partial charge in [-0.05, 0) is 42.5 Å². The van der Waals surface area contributed by atoms with Crippen LogP contribution < -0.4 is 5.56 Å². The van der Waals surface area contributed by atoms with Crippen LogP contribution in [0.2, 0.25) is 5.02 Å². The van der Waals surface area contributed by atoms with Crippen LogP contribution in [0.5, 0.6) is 5.75 Å². The van der Waals surface area contributed by atoms with Gasteiger partial charge in [0.1, 0.15) is 21.2 Å². The van der Waals surface area contributed by atoms with E-state index in [-0.39, 0.29) is 34.6 Å². The van der Waals surface area contributed by atoms with Crippen molar-refractivity contribution in [1.82, 2.24) is 19.7 Å². The van der Waals surface area contributed by atoms with Crippen molar-refractivity contribution >= 4 is 54.6 Å². The lowest BCUT2D eigenvalue weighted by molar-refractivity contribution is 0.483. The summed E-state index contributed by atoms with van der Waals surface area (Å²) in [6.07, 6.45) is 1.71.